The van der Waals surface area contributed by atoms with Crippen molar-refractivity contribution in [3.63, 3.8) is 0 Å². The molecule has 2 aromatic carbocycles. The van der Waals surface area contributed by atoms with Gasteiger partial charge in [-0.25, -0.2) is 0 Å². The summed E-state index contributed by atoms with van der Waals surface area (Å²) in [5, 5.41) is 20.0. The highest BCUT2D eigenvalue weighted by Crippen LogP contribution is 2.28. The highest BCUT2D eigenvalue weighted by molar-refractivity contribution is 5.48. The average Bonchev–Trinajstić information content (AvgIpc) is 2.46. The summed E-state index contributed by atoms with van der Waals surface area (Å²) in [6.45, 7) is 2.05. The number of aliphatic hydroxyl groups is 1. The number of aryl methyl sites for hydroxylation is 1. The fourth-order valence-electron chi connectivity index (χ4n) is 1.77. The van der Waals surface area contributed by atoms with Gasteiger partial charge >= 0.3 is 5.69 Å². The number of nitro benzene ring substituents is 1. The largest absolute Gasteiger partial charge is 0.482 e. The van der Waals surface area contributed by atoms with E-state index in [0.717, 1.165) is 11.1 Å². The van der Waals surface area contributed by atoms with Gasteiger partial charge in [-0.1, -0.05) is 29.8 Å². The van der Waals surface area contributed by atoms with E-state index in [9.17, 15) is 10.1 Å². The Balaban J connectivity index is 2.18. The van der Waals surface area contributed by atoms with Gasteiger partial charge in [0.05, 0.1) is 11.5 Å². The lowest BCUT2D eigenvalue weighted by Crippen LogP contribution is -2.00. The first kappa shape index (κ1) is 14.0. The zero-order valence-electron chi connectivity index (χ0n) is 11.1. The number of hydrogen-bond acceptors (Lipinski definition) is 4. The van der Waals surface area contributed by atoms with Crippen molar-refractivity contribution in [2.75, 3.05) is 0 Å². The third kappa shape index (κ3) is 3.33. The maximum Gasteiger partial charge on any atom is 0.310 e. The molecule has 0 aromatic heterocycles. The quantitative estimate of drug-likeness (QED) is 0.671. The van der Waals surface area contributed by atoms with Gasteiger partial charge in [-0.3, -0.25) is 10.1 Å². The maximum atomic E-state index is 10.9. The van der Waals surface area contributed by atoms with Crippen LogP contribution in [0.3, 0.4) is 0 Å². The van der Waals surface area contributed by atoms with E-state index < -0.39 is 4.92 Å². The summed E-state index contributed by atoms with van der Waals surface area (Å²) in [4.78, 5) is 10.4. The Morgan fingerprint density at radius 2 is 1.80 bits per heavy atom. The van der Waals surface area contributed by atoms with E-state index in [1.807, 2.05) is 31.2 Å². The van der Waals surface area contributed by atoms with Gasteiger partial charge in [-0.05, 0) is 30.2 Å². The van der Waals surface area contributed by atoms with Crippen molar-refractivity contribution in [2.24, 2.45) is 0 Å². The molecule has 0 saturated heterocycles. The SMILES string of the molecule is Cc1ccc(COc2cc(CO)ccc2[N+](=O)[O-])cc1. The highest BCUT2D eigenvalue weighted by atomic mass is 16.6. The molecule has 0 radical (unpaired) electrons. The summed E-state index contributed by atoms with van der Waals surface area (Å²) in [5.74, 6) is 0.169. The van der Waals surface area contributed by atoms with E-state index in [1.54, 1.807) is 0 Å². The lowest BCUT2D eigenvalue weighted by Gasteiger charge is -2.08. The highest BCUT2D eigenvalue weighted by Gasteiger charge is 2.15. The van der Waals surface area contributed by atoms with E-state index in [2.05, 4.69) is 0 Å². The molecule has 0 amide bonds. The van der Waals surface area contributed by atoms with Gasteiger partial charge in [0.2, 0.25) is 0 Å². The van der Waals surface area contributed by atoms with Crippen LogP contribution in [0.2, 0.25) is 0 Å². The van der Waals surface area contributed by atoms with Crippen molar-refractivity contribution < 1.29 is 14.8 Å². The van der Waals surface area contributed by atoms with Crippen LogP contribution in [0.25, 0.3) is 0 Å². The molecule has 0 heterocycles. The zero-order valence-corrected chi connectivity index (χ0v) is 11.1. The minimum absolute atomic E-state index is 0.102. The van der Waals surface area contributed by atoms with Crippen molar-refractivity contribution in [3.05, 3.63) is 69.3 Å². The molecule has 0 aliphatic carbocycles. The number of nitrogens with zero attached hydrogens (tertiary/aromatic N) is 1. The van der Waals surface area contributed by atoms with Crippen LogP contribution in [-0.4, -0.2) is 10.0 Å². The number of ether oxygens (including phenoxy) is 1. The molecule has 5 nitrogen and oxygen atoms in total. The second-order valence-corrected chi connectivity index (χ2v) is 4.49. The van der Waals surface area contributed by atoms with Crippen molar-refractivity contribution in [3.8, 4) is 5.75 Å². The average molecular weight is 273 g/mol. The van der Waals surface area contributed by atoms with Crippen LogP contribution in [0, 0.1) is 17.0 Å². The monoisotopic (exact) mass is 273 g/mol. The molecule has 0 unspecified atom stereocenters. The minimum Gasteiger partial charge on any atom is -0.482 e. The van der Waals surface area contributed by atoms with Crippen LogP contribution in [0.1, 0.15) is 16.7 Å². The Kier molecular flexibility index (Phi) is 4.32. The van der Waals surface area contributed by atoms with E-state index in [4.69, 9.17) is 9.84 Å². The van der Waals surface area contributed by atoms with Gasteiger partial charge in [0.15, 0.2) is 5.75 Å². The Hall–Kier alpha value is -2.40. The zero-order chi connectivity index (χ0) is 14.5. The fourth-order valence-corrected chi connectivity index (χ4v) is 1.77. The van der Waals surface area contributed by atoms with Crippen LogP contribution >= 0.6 is 0 Å². The molecular formula is C15H15NO4. The number of rotatable bonds is 5. The molecule has 104 valence electrons. The molecule has 0 spiro atoms. The van der Waals surface area contributed by atoms with Crippen molar-refractivity contribution in [2.45, 2.75) is 20.1 Å². The first-order valence-electron chi connectivity index (χ1n) is 6.16. The standard InChI is InChI=1S/C15H15NO4/c1-11-2-4-12(5-3-11)10-20-15-8-13(9-17)6-7-14(15)16(18)19/h2-8,17H,9-10H2,1H3. The molecule has 2 rings (SSSR count). The lowest BCUT2D eigenvalue weighted by atomic mass is 10.1. The normalized spacial score (nSPS) is 10.3. The van der Waals surface area contributed by atoms with Gasteiger partial charge in [0.1, 0.15) is 6.61 Å². The summed E-state index contributed by atoms with van der Waals surface area (Å²) < 4.78 is 5.51. The summed E-state index contributed by atoms with van der Waals surface area (Å²) in [6, 6.07) is 12.1. The lowest BCUT2D eigenvalue weighted by molar-refractivity contribution is -0.386. The van der Waals surface area contributed by atoms with Gasteiger partial charge in [-0.2, -0.15) is 0 Å². The first-order chi connectivity index (χ1) is 9.60. The maximum absolute atomic E-state index is 10.9. The molecular weight excluding hydrogens is 258 g/mol. The fraction of sp³-hybridized carbons (Fsp3) is 0.200. The Morgan fingerprint density at radius 3 is 2.40 bits per heavy atom. The molecule has 0 bridgehead atoms. The smallest absolute Gasteiger partial charge is 0.310 e. The predicted octanol–water partition coefficient (Wildman–Crippen LogP) is 2.97. The van der Waals surface area contributed by atoms with Crippen LogP contribution in [-0.2, 0) is 13.2 Å². The second kappa shape index (κ2) is 6.16. The predicted molar refractivity (Wildman–Crippen MR) is 74.5 cm³/mol. The topological polar surface area (TPSA) is 72.6 Å². The van der Waals surface area contributed by atoms with Crippen molar-refractivity contribution in [1.29, 1.82) is 0 Å². The molecule has 5 heteroatoms. The Labute approximate surface area is 116 Å². The van der Waals surface area contributed by atoms with E-state index in [-0.39, 0.29) is 24.7 Å². The molecule has 0 atom stereocenters. The van der Waals surface area contributed by atoms with E-state index in [0.29, 0.717) is 5.56 Å². The molecule has 2 aromatic rings. The Morgan fingerprint density at radius 1 is 1.15 bits per heavy atom. The third-order valence-corrected chi connectivity index (χ3v) is 2.92. The van der Waals surface area contributed by atoms with Gasteiger partial charge in [0.25, 0.3) is 0 Å². The molecule has 0 fully saturated rings. The summed E-state index contributed by atoms with van der Waals surface area (Å²) in [7, 11) is 0. The summed E-state index contributed by atoms with van der Waals surface area (Å²) >= 11 is 0. The minimum atomic E-state index is -0.494. The van der Waals surface area contributed by atoms with E-state index >= 15 is 0 Å². The van der Waals surface area contributed by atoms with Gasteiger partial charge in [0, 0.05) is 6.07 Å². The van der Waals surface area contributed by atoms with Crippen LogP contribution in [0.5, 0.6) is 5.75 Å². The molecule has 20 heavy (non-hydrogen) atoms. The molecule has 0 aliphatic heterocycles. The van der Waals surface area contributed by atoms with Crippen molar-refractivity contribution >= 4 is 5.69 Å². The van der Waals surface area contributed by atoms with E-state index in [1.165, 1.54) is 18.2 Å². The van der Waals surface area contributed by atoms with Crippen LogP contribution in [0.15, 0.2) is 42.5 Å². The van der Waals surface area contributed by atoms with Gasteiger partial charge in [-0.15, -0.1) is 0 Å². The Bertz CT molecular complexity index is 608. The molecule has 1 N–H and O–H groups in total. The van der Waals surface area contributed by atoms with Crippen LogP contribution in [0.4, 0.5) is 5.69 Å². The molecule has 0 saturated carbocycles. The third-order valence-electron chi connectivity index (χ3n) is 2.92. The second-order valence-electron chi connectivity index (χ2n) is 4.49. The van der Waals surface area contributed by atoms with Gasteiger partial charge < -0.3 is 9.84 Å². The van der Waals surface area contributed by atoms with Crippen molar-refractivity contribution in [1.82, 2.24) is 0 Å². The number of hydrogen-bond donors (Lipinski definition) is 1. The van der Waals surface area contributed by atoms with Crippen LogP contribution < -0.4 is 4.74 Å². The first-order valence-corrected chi connectivity index (χ1v) is 6.16. The molecule has 0 aliphatic rings. The summed E-state index contributed by atoms with van der Waals surface area (Å²) in [6.07, 6.45) is 0. The number of aliphatic hydroxyl groups excluding tert-OH is 1. The number of nitro groups is 1. The number of benzene rings is 2. The summed E-state index contributed by atoms with van der Waals surface area (Å²) in [5.41, 5.74) is 2.55.